The average Bonchev–Trinajstić information content (AvgIpc) is 3.08. The predicted molar refractivity (Wildman–Crippen MR) is 114 cm³/mol. The first-order valence-electron chi connectivity index (χ1n) is 9.91. The third-order valence-corrected chi connectivity index (χ3v) is 5.19. The van der Waals surface area contributed by atoms with Crippen molar-refractivity contribution >= 4 is 29.8 Å². The molecule has 0 saturated carbocycles. The smallest absolute Gasteiger partial charge is 0.255 e. The Kier molecular flexibility index (Phi) is 8.54. The molecule has 0 bridgehead atoms. The van der Waals surface area contributed by atoms with Crippen LogP contribution in [0, 0.1) is 0 Å². The summed E-state index contributed by atoms with van der Waals surface area (Å²) in [6.45, 7) is 5.99. The number of aryl methyl sites for hydroxylation is 1. The number of amides is 1. The van der Waals surface area contributed by atoms with Gasteiger partial charge in [-0.25, -0.2) is 4.98 Å². The number of ether oxygens (including phenoxy) is 1. The molecule has 1 aliphatic rings. The van der Waals surface area contributed by atoms with Gasteiger partial charge < -0.3 is 20.7 Å². The maximum absolute atomic E-state index is 12.9. The van der Waals surface area contributed by atoms with E-state index >= 15 is 0 Å². The number of anilines is 1. The van der Waals surface area contributed by atoms with E-state index in [9.17, 15) is 4.79 Å². The van der Waals surface area contributed by atoms with Crippen molar-refractivity contribution in [1.29, 1.82) is 0 Å². The van der Waals surface area contributed by atoms with Crippen molar-refractivity contribution in [1.82, 2.24) is 19.6 Å². The topological polar surface area (TPSA) is 84.9 Å². The molecule has 0 aromatic carbocycles. The van der Waals surface area contributed by atoms with E-state index in [4.69, 9.17) is 10.5 Å². The number of hydrogen-bond acceptors (Lipinski definition) is 5. The Hall–Kier alpha value is -1.83. The van der Waals surface area contributed by atoms with Crippen LogP contribution in [0.4, 0.5) is 5.82 Å². The summed E-state index contributed by atoms with van der Waals surface area (Å²) in [5.41, 5.74) is 8.27. The van der Waals surface area contributed by atoms with Gasteiger partial charge in [-0.3, -0.25) is 9.20 Å². The predicted octanol–water partition coefficient (Wildman–Crippen LogP) is 2.52. The second-order valence-corrected chi connectivity index (χ2v) is 7.28. The van der Waals surface area contributed by atoms with E-state index in [0.717, 1.165) is 64.0 Å². The Balaban J connectivity index is 0.00000280. The molecular formula is C20H32ClN5O2. The van der Waals surface area contributed by atoms with Crippen LogP contribution in [0.15, 0.2) is 18.3 Å². The number of halogens is 1. The quantitative estimate of drug-likeness (QED) is 0.654. The van der Waals surface area contributed by atoms with Crippen molar-refractivity contribution in [3.05, 3.63) is 29.6 Å². The summed E-state index contributed by atoms with van der Waals surface area (Å²) in [6.07, 6.45) is 6.82. The summed E-state index contributed by atoms with van der Waals surface area (Å²) >= 11 is 0. The molecule has 0 atom stereocenters. The number of nitrogens with two attached hydrogens (primary N) is 1. The Labute approximate surface area is 173 Å². The second kappa shape index (κ2) is 10.6. The lowest BCUT2D eigenvalue weighted by Crippen LogP contribution is -2.45. The molecule has 7 nitrogen and oxygen atoms in total. The van der Waals surface area contributed by atoms with Crippen LogP contribution in [0.25, 0.3) is 5.65 Å². The van der Waals surface area contributed by atoms with Gasteiger partial charge in [-0.1, -0.05) is 13.3 Å². The fourth-order valence-electron chi connectivity index (χ4n) is 3.69. The van der Waals surface area contributed by atoms with Crippen LogP contribution in [-0.2, 0) is 11.2 Å². The molecule has 3 heterocycles. The largest absolute Gasteiger partial charge is 0.385 e. The molecule has 1 amide bonds. The monoisotopic (exact) mass is 409 g/mol. The normalized spacial score (nSPS) is 15.5. The standard InChI is InChI=1S/C20H31N5O2.ClH/c1-3-5-16-14-25-18(21)7-6-17(19(25)22-16)20(26)23-15-8-11-24(12-9-15)10-4-13-27-2;/h6-7,14-15H,3-5,8-13,21H2,1-2H3,(H,23,26);1H. The Morgan fingerprint density at radius 3 is 2.79 bits per heavy atom. The molecule has 2 aromatic heterocycles. The molecule has 2 aromatic rings. The van der Waals surface area contributed by atoms with Crippen LogP contribution >= 0.6 is 12.4 Å². The summed E-state index contributed by atoms with van der Waals surface area (Å²) in [4.78, 5) is 19.9. The minimum Gasteiger partial charge on any atom is -0.385 e. The molecule has 0 spiro atoms. The SMILES string of the molecule is CCCc1cn2c(N)ccc(C(=O)NC3CCN(CCCOC)CC3)c2n1.Cl. The van der Waals surface area contributed by atoms with Gasteiger partial charge in [0, 0.05) is 45.6 Å². The van der Waals surface area contributed by atoms with Gasteiger partial charge in [-0.15, -0.1) is 12.4 Å². The maximum atomic E-state index is 12.9. The zero-order valence-electron chi connectivity index (χ0n) is 16.8. The number of rotatable bonds is 8. The van der Waals surface area contributed by atoms with Crippen molar-refractivity contribution in [2.45, 2.75) is 45.1 Å². The number of carbonyl (C=O) groups excluding carboxylic acids is 1. The molecule has 8 heteroatoms. The highest BCUT2D eigenvalue weighted by atomic mass is 35.5. The zero-order valence-corrected chi connectivity index (χ0v) is 17.6. The highest BCUT2D eigenvalue weighted by Crippen LogP contribution is 2.18. The average molecular weight is 410 g/mol. The Morgan fingerprint density at radius 2 is 2.11 bits per heavy atom. The van der Waals surface area contributed by atoms with Crippen molar-refractivity contribution < 1.29 is 9.53 Å². The lowest BCUT2D eigenvalue weighted by Gasteiger charge is -2.32. The molecule has 1 fully saturated rings. The number of imidazole rings is 1. The van der Waals surface area contributed by atoms with Crippen LogP contribution < -0.4 is 11.1 Å². The molecule has 0 aliphatic carbocycles. The lowest BCUT2D eigenvalue weighted by molar-refractivity contribution is 0.0908. The first kappa shape index (κ1) is 22.5. The van der Waals surface area contributed by atoms with Crippen LogP contribution in [0.3, 0.4) is 0 Å². The van der Waals surface area contributed by atoms with E-state index in [0.29, 0.717) is 17.0 Å². The number of piperidine rings is 1. The third-order valence-electron chi connectivity index (χ3n) is 5.19. The lowest BCUT2D eigenvalue weighted by atomic mass is 10.0. The number of methoxy groups -OCH3 is 1. The van der Waals surface area contributed by atoms with E-state index in [1.54, 1.807) is 19.2 Å². The van der Waals surface area contributed by atoms with E-state index in [1.165, 1.54) is 0 Å². The fraction of sp³-hybridized carbons (Fsp3) is 0.600. The van der Waals surface area contributed by atoms with Gasteiger partial charge in [-0.05, 0) is 37.8 Å². The van der Waals surface area contributed by atoms with Gasteiger partial charge in [0.25, 0.3) is 5.91 Å². The first-order chi connectivity index (χ1) is 13.1. The van der Waals surface area contributed by atoms with Gasteiger partial charge in [0.05, 0.1) is 11.3 Å². The molecule has 0 unspecified atom stereocenters. The van der Waals surface area contributed by atoms with Crippen molar-refractivity contribution in [2.24, 2.45) is 0 Å². The van der Waals surface area contributed by atoms with Gasteiger partial charge in [0.1, 0.15) is 5.82 Å². The molecule has 156 valence electrons. The summed E-state index contributed by atoms with van der Waals surface area (Å²) in [5.74, 6) is 0.534. The maximum Gasteiger partial charge on any atom is 0.255 e. The minimum absolute atomic E-state index is 0. The highest BCUT2D eigenvalue weighted by molar-refractivity contribution is 6.00. The van der Waals surface area contributed by atoms with Crippen molar-refractivity contribution in [3.8, 4) is 0 Å². The number of nitrogens with one attached hydrogen (secondary N) is 1. The van der Waals surface area contributed by atoms with E-state index < -0.39 is 0 Å². The molecule has 28 heavy (non-hydrogen) atoms. The number of nitrogens with zero attached hydrogens (tertiary/aromatic N) is 3. The molecular weight excluding hydrogens is 378 g/mol. The molecule has 1 saturated heterocycles. The van der Waals surface area contributed by atoms with Gasteiger partial charge in [0.2, 0.25) is 0 Å². The number of aromatic nitrogens is 2. The zero-order chi connectivity index (χ0) is 19.2. The number of carbonyl (C=O) groups is 1. The Morgan fingerprint density at radius 1 is 1.36 bits per heavy atom. The molecule has 3 N–H and O–H groups in total. The van der Waals surface area contributed by atoms with Gasteiger partial charge in [0.15, 0.2) is 5.65 Å². The van der Waals surface area contributed by atoms with Crippen molar-refractivity contribution in [2.75, 3.05) is 39.1 Å². The van der Waals surface area contributed by atoms with Crippen molar-refractivity contribution in [3.63, 3.8) is 0 Å². The number of pyridine rings is 1. The van der Waals surface area contributed by atoms with Crippen LogP contribution in [0.1, 0.15) is 48.7 Å². The number of fused-ring (bicyclic) bond motifs is 1. The second-order valence-electron chi connectivity index (χ2n) is 7.28. The van der Waals surface area contributed by atoms with Crippen LogP contribution in [0.2, 0.25) is 0 Å². The highest BCUT2D eigenvalue weighted by Gasteiger charge is 2.22. The van der Waals surface area contributed by atoms with Crippen LogP contribution in [-0.4, -0.2) is 59.6 Å². The summed E-state index contributed by atoms with van der Waals surface area (Å²) in [6, 6.07) is 3.76. The summed E-state index contributed by atoms with van der Waals surface area (Å²) in [7, 11) is 1.74. The third kappa shape index (κ3) is 5.37. The van der Waals surface area contributed by atoms with E-state index in [2.05, 4.69) is 22.1 Å². The van der Waals surface area contributed by atoms with Crippen LogP contribution in [0.5, 0.6) is 0 Å². The first-order valence-corrected chi connectivity index (χ1v) is 9.91. The van der Waals surface area contributed by atoms with Gasteiger partial charge >= 0.3 is 0 Å². The molecule has 3 rings (SSSR count). The fourth-order valence-corrected chi connectivity index (χ4v) is 3.69. The molecule has 1 aliphatic heterocycles. The number of likely N-dealkylation sites (tertiary alicyclic amines) is 1. The summed E-state index contributed by atoms with van der Waals surface area (Å²) < 4.78 is 6.93. The minimum atomic E-state index is -0.0634. The summed E-state index contributed by atoms with van der Waals surface area (Å²) in [5, 5.41) is 3.19. The molecule has 0 radical (unpaired) electrons. The number of hydrogen-bond donors (Lipinski definition) is 2. The number of nitrogen functional groups attached to an aromatic ring is 1. The Bertz CT molecular complexity index is 771. The van der Waals surface area contributed by atoms with E-state index in [1.807, 2.05) is 10.6 Å². The van der Waals surface area contributed by atoms with E-state index in [-0.39, 0.29) is 24.4 Å². The van der Waals surface area contributed by atoms with Gasteiger partial charge in [-0.2, -0.15) is 0 Å².